The van der Waals surface area contributed by atoms with Gasteiger partial charge in [-0.05, 0) is 113 Å². The average Bonchev–Trinajstić information content (AvgIpc) is 4.05. The summed E-state index contributed by atoms with van der Waals surface area (Å²) in [6.07, 6.45) is 0. The second-order valence-corrected chi connectivity index (χ2v) is 16.5. The van der Waals surface area contributed by atoms with E-state index in [9.17, 15) is 0 Å². The number of anilines is 3. The molecule has 0 aliphatic heterocycles. The predicted molar refractivity (Wildman–Crippen MR) is 266 cm³/mol. The Bertz CT molecular complexity index is 3820. The summed E-state index contributed by atoms with van der Waals surface area (Å²) in [5.41, 5.74) is 17.1. The van der Waals surface area contributed by atoms with E-state index in [0.717, 1.165) is 100 Å². The third-order valence-electron chi connectivity index (χ3n) is 12.8. The molecule has 300 valence electrons. The summed E-state index contributed by atoms with van der Waals surface area (Å²) in [6, 6.07) is 82.1. The van der Waals surface area contributed by atoms with Crippen LogP contribution in [0.3, 0.4) is 0 Å². The molecule has 13 rings (SSSR count). The zero-order valence-corrected chi connectivity index (χ0v) is 34.7. The Balaban J connectivity index is 0.904. The van der Waals surface area contributed by atoms with Crippen molar-refractivity contribution in [1.82, 2.24) is 4.57 Å². The third kappa shape index (κ3) is 5.77. The van der Waals surface area contributed by atoms with Gasteiger partial charge >= 0.3 is 0 Å². The molecule has 0 aliphatic carbocycles. The number of fused-ring (bicyclic) bond motifs is 9. The summed E-state index contributed by atoms with van der Waals surface area (Å²) in [5, 5.41) is 6.99. The Morgan fingerprint density at radius 3 is 1.55 bits per heavy atom. The molecule has 13 aromatic rings. The molecule has 0 amide bonds. The minimum absolute atomic E-state index is 0.884. The van der Waals surface area contributed by atoms with Gasteiger partial charge in [-0.3, -0.25) is 0 Å². The fourth-order valence-corrected chi connectivity index (χ4v) is 9.83. The van der Waals surface area contributed by atoms with E-state index in [1.165, 1.54) is 21.8 Å². The molecule has 3 heterocycles. The van der Waals surface area contributed by atoms with Crippen molar-refractivity contribution in [2.24, 2.45) is 0 Å². The van der Waals surface area contributed by atoms with Crippen molar-refractivity contribution >= 4 is 82.7 Å². The number of hydrogen-bond acceptors (Lipinski definition) is 3. The van der Waals surface area contributed by atoms with E-state index in [0.29, 0.717) is 0 Å². The second kappa shape index (κ2) is 14.5. The lowest BCUT2D eigenvalue weighted by Gasteiger charge is -2.26. The highest BCUT2D eigenvalue weighted by Gasteiger charge is 2.18. The molecule has 0 bridgehead atoms. The van der Waals surface area contributed by atoms with Gasteiger partial charge in [-0.1, -0.05) is 146 Å². The molecule has 3 aromatic heterocycles. The van der Waals surface area contributed by atoms with Crippen LogP contribution in [0.25, 0.3) is 105 Å². The zero-order valence-electron chi connectivity index (χ0n) is 34.7. The quantitative estimate of drug-likeness (QED) is 0.161. The minimum Gasteiger partial charge on any atom is -0.456 e. The fourth-order valence-electron chi connectivity index (χ4n) is 9.83. The maximum atomic E-state index is 6.51. The molecule has 64 heavy (non-hydrogen) atoms. The van der Waals surface area contributed by atoms with Gasteiger partial charge in [-0.2, -0.15) is 0 Å². The van der Waals surface area contributed by atoms with Gasteiger partial charge in [0.1, 0.15) is 22.3 Å². The summed E-state index contributed by atoms with van der Waals surface area (Å²) >= 11 is 0. The number of furan rings is 2. The molecule has 0 saturated heterocycles. The number of para-hydroxylation sites is 4. The van der Waals surface area contributed by atoms with Gasteiger partial charge in [0.2, 0.25) is 0 Å². The Kier molecular flexibility index (Phi) is 8.18. The van der Waals surface area contributed by atoms with E-state index in [2.05, 4.69) is 222 Å². The lowest BCUT2D eigenvalue weighted by Crippen LogP contribution is -2.10. The smallest absolute Gasteiger partial charge is 0.143 e. The molecule has 0 unspecified atom stereocenters. The van der Waals surface area contributed by atoms with Gasteiger partial charge in [-0.25, -0.2) is 0 Å². The second-order valence-electron chi connectivity index (χ2n) is 16.5. The van der Waals surface area contributed by atoms with Crippen molar-refractivity contribution in [1.29, 1.82) is 0 Å². The molecule has 0 aliphatic rings. The first kappa shape index (κ1) is 36.1. The van der Waals surface area contributed by atoms with E-state index in [-0.39, 0.29) is 0 Å². The number of aromatic nitrogens is 1. The standard InChI is InChI=1S/C60H38N2O2/c1-2-12-40(13-3-1)48-18-10-19-51-53-38-42(28-37-57(53)64-60(48)51)39-24-29-43(30-25-39)61(44-31-26-41(27-32-44)47-17-11-23-58-59(47)52-16-6-9-22-56(52)63-58)45-33-35-46(36-34-45)62-54-20-7-4-14-49(54)50-15-5-8-21-55(50)62/h1-38H. The van der Waals surface area contributed by atoms with Crippen molar-refractivity contribution in [3.8, 4) is 39.1 Å². The highest BCUT2D eigenvalue weighted by Crippen LogP contribution is 2.42. The molecule has 0 N–H and O–H groups in total. The number of nitrogens with zero attached hydrogens (tertiary/aromatic N) is 2. The number of benzene rings is 10. The van der Waals surface area contributed by atoms with E-state index in [1.807, 2.05) is 18.2 Å². The molecule has 4 heteroatoms. The van der Waals surface area contributed by atoms with Crippen LogP contribution >= 0.6 is 0 Å². The first-order chi connectivity index (χ1) is 31.7. The third-order valence-corrected chi connectivity index (χ3v) is 12.8. The Morgan fingerprint density at radius 2 is 0.828 bits per heavy atom. The van der Waals surface area contributed by atoms with Crippen molar-refractivity contribution in [3.63, 3.8) is 0 Å². The lowest BCUT2D eigenvalue weighted by atomic mass is 9.99. The van der Waals surface area contributed by atoms with E-state index in [4.69, 9.17) is 8.83 Å². The van der Waals surface area contributed by atoms with Crippen LogP contribution in [0.15, 0.2) is 239 Å². The van der Waals surface area contributed by atoms with Gasteiger partial charge in [0.15, 0.2) is 0 Å². The van der Waals surface area contributed by atoms with Crippen LogP contribution in [0, 0.1) is 0 Å². The van der Waals surface area contributed by atoms with Crippen LogP contribution < -0.4 is 4.90 Å². The highest BCUT2D eigenvalue weighted by atomic mass is 16.3. The van der Waals surface area contributed by atoms with Gasteiger partial charge in [0.25, 0.3) is 0 Å². The van der Waals surface area contributed by atoms with Gasteiger partial charge < -0.3 is 18.3 Å². The number of rotatable bonds is 7. The molecule has 0 fully saturated rings. The minimum atomic E-state index is 0.884. The van der Waals surface area contributed by atoms with Gasteiger partial charge in [0.05, 0.1) is 11.0 Å². The van der Waals surface area contributed by atoms with Crippen molar-refractivity contribution in [2.75, 3.05) is 4.90 Å². The molecular formula is C60H38N2O2. The van der Waals surface area contributed by atoms with Gasteiger partial charge in [0, 0.05) is 60.6 Å². The SMILES string of the molecule is c1ccc(-c2cccc3c2oc2ccc(-c4ccc(N(c5ccc(-c6cccc7oc8ccccc8c67)cc5)c5ccc(-n6c7ccccc7c7ccccc76)cc5)cc4)cc23)cc1. The first-order valence-corrected chi connectivity index (χ1v) is 21.7. The van der Waals surface area contributed by atoms with Crippen LogP contribution in [-0.4, -0.2) is 4.57 Å². The normalized spacial score (nSPS) is 11.8. The first-order valence-electron chi connectivity index (χ1n) is 21.7. The molecule has 0 atom stereocenters. The van der Waals surface area contributed by atoms with E-state index in [1.54, 1.807) is 0 Å². The maximum Gasteiger partial charge on any atom is 0.143 e. The zero-order chi connectivity index (χ0) is 42.1. The van der Waals surface area contributed by atoms with Crippen LogP contribution in [0.1, 0.15) is 0 Å². The van der Waals surface area contributed by atoms with Crippen molar-refractivity contribution in [3.05, 3.63) is 231 Å². The largest absolute Gasteiger partial charge is 0.456 e. The summed E-state index contributed by atoms with van der Waals surface area (Å²) in [6.45, 7) is 0. The van der Waals surface area contributed by atoms with Gasteiger partial charge in [-0.15, -0.1) is 0 Å². The fraction of sp³-hybridized carbons (Fsp3) is 0. The van der Waals surface area contributed by atoms with E-state index >= 15 is 0 Å². The summed E-state index contributed by atoms with van der Waals surface area (Å²) in [7, 11) is 0. The topological polar surface area (TPSA) is 34.5 Å². The molecule has 0 spiro atoms. The summed E-state index contributed by atoms with van der Waals surface area (Å²) < 4.78 is 15.1. The maximum absolute atomic E-state index is 6.51. The summed E-state index contributed by atoms with van der Waals surface area (Å²) in [4.78, 5) is 2.34. The van der Waals surface area contributed by atoms with Crippen LogP contribution in [0.2, 0.25) is 0 Å². The molecular weight excluding hydrogens is 781 g/mol. The molecule has 4 nitrogen and oxygen atoms in total. The van der Waals surface area contributed by atoms with Crippen molar-refractivity contribution in [2.45, 2.75) is 0 Å². The monoisotopic (exact) mass is 818 g/mol. The van der Waals surface area contributed by atoms with Crippen molar-refractivity contribution < 1.29 is 8.83 Å². The Labute approximate surface area is 369 Å². The lowest BCUT2D eigenvalue weighted by molar-refractivity contribution is 0.669. The van der Waals surface area contributed by atoms with Crippen LogP contribution in [-0.2, 0) is 0 Å². The van der Waals surface area contributed by atoms with Crippen LogP contribution in [0.5, 0.6) is 0 Å². The molecule has 10 aromatic carbocycles. The summed E-state index contributed by atoms with van der Waals surface area (Å²) in [5.74, 6) is 0. The molecule has 0 radical (unpaired) electrons. The average molecular weight is 819 g/mol. The van der Waals surface area contributed by atoms with Crippen LogP contribution in [0.4, 0.5) is 17.1 Å². The predicted octanol–water partition coefficient (Wildman–Crippen LogP) is 17.1. The molecule has 0 saturated carbocycles. The number of hydrogen-bond donors (Lipinski definition) is 0. The highest BCUT2D eigenvalue weighted by molar-refractivity contribution is 6.13. The van der Waals surface area contributed by atoms with E-state index < -0.39 is 0 Å². The Hall–Kier alpha value is -8.60. The Morgan fingerprint density at radius 1 is 0.312 bits per heavy atom.